The van der Waals surface area contributed by atoms with Crippen molar-refractivity contribution in [3.63, 3.8) is 0 Å². The third-order valence-corrected chi connectivity index (χ3v) is 5.34. The Morgan fingerprint density at radius 3 is 2.56 bits per heavy atom. The molecule has 1 saturated carbocycles. The van der Waals surface area contributed by atoms with Crippen molar-refractivity contribution in [1.29, 1.82) is 0 Å². The maximum absolute atomic E-state index is 12.1. The van der Waals surface area contributed by atoms with Crippen LogP contribution in [0.25, 0.3) is 0 Å². The summed E-state index contributed by atoms with van der Waals surface area (Å²) in [5.41, 5.74) is -0.276. The number of nitrogens with one attached hydrogen (secondary N) is 2. The molecule has 0 aromatic carbocycles. The molecule has 2 rings (SSSR count). The Morgan fingerprint density at radius 2 is 1.96 bits per heavy atom. The average molecular weight is 367 g/mol. The van der Waals surface area contributed by atoms with Crippen LogP contribution in [0.5, 0.6) is 0 Å². The summed E-state index contributed by atoms with van der Waals surface area (Å²) in [4.78, 5) is 39.6. The fourth-order valence-corrected chi connectivity index (χ4v) is 3.60. The van der Waals surface area contributed by atoms with Crippen molar-refractivity contribution in [3.8, 4) is 0 Å². The molecular formula is C17H25N3O4S. The molecule has 0 atom stereocenters. The SMILES string of the molecule is CC(C)C(=O)Nc1nc(CC(=O)NCC2(C(=O)O)CCCCC2)cs1. The first-order valence-electron chi connectivity index (χ1n) is 8.58. The predicted octanol–water partition coefficient (Wildman–Crippen LogP) is 2.43. The minimum absolute atomic E-state index is 0.0732. The van der Waals surface area contributed by atoms with Gasteiger partial charge in [0.05, 0.1) is 17.5 Å². The average Bonchev–Trinajstić information content (AvgIpc) is 3.00. The Balaban J connectivity index is 1.87. The number of amides is 2. The lowest BCUT2D eigenvalue weighted by Gasteiger charge is -2.33. The van der Waals surface area contributed by atoms with Gasteiger partial charge in [0.15, 0.2) is 5.13 Å². The van der Waals surface area contributed by atoms with Gasteiger partial charge in [0, 0.05) is 17.8 Å². The van der Waals surface area contributed by atoms with Crippen LogP contribution >= 0.6 is 11.3 Å². The van der Waals surface area contributed by atoms with Crippen molar-refractivity contribution in [2.45, 2.75) is 52.4 Å². The maximum atomic E-state index is 12.1. The molecule has 1 aliphatic rings. The number of hydrogen-bond acceptors (Lipinski definition) is 5. The maximum Gasteiger partial charge on any atom is 0.311 e. The van der Waals surface area contributed by atoms with Crippen molar-refractivity contribution in [1.82, 2.24) is 10.3 Å². The molecule has 138 valence electrons. The molecule has 1 aromatic heterocycles. The zero-order valence-electron chi connectivity index (χ0n) is 14.6. The summed E-state index contributed by atoms with van der Waals surface area (Å²) >= 11 is 1.27. The van der Waals surface area contributed by atoms with E-state index in [1.165, 1.54) is 11.3 Å². The molecule has 0 spiro atoms. The molecular weight excluding hydrogens is 342 g/mol. The summed E-state index contributed by atoms with van der Waals surface area (Å²) in [6.07, 6.45) is 4.09. The predicted molar refractivity (Wildman–Crippen MR) is 95.4 cm³/mol. The Morgan fingerprint density at radius 1 is 1.28 bits per heavy atom. The summed E-state index contributed by atoms with van der Waals surface area (Å²) in [6, 6.07) is 0. The molecule has 1 heterocycles. The van der Waals surface area contributed by atoms with E-state index in [2.05, 4.69) is 15.6 Å². The highest BCUT2D eigenvalue weighted by Gasteiger charge is 2.39. The molecule has 1 aromatic rings. The van der Waals surface area contributed by atoms with Gasteiger partial charge in [0.1, 0.15) is 0 Å². The van der Waals surface area contributed by atoms with Crippen LogP contribution in [0.2, 0.25) is 0 Å². The van der Waals surface area contributed by atoms with Crippen LogP contribution < -0.4 is 10.6 Å². The highest BCUT2D eigenvalue weighted by Crippen LogP contribution is 2.36. The number of aromatic nitrogens is 1. The number of rotatable bonds is 7. The van der Waals surface area contributed by atoms with E-state index in [1.807, 2.05) is 0 Å². The molecule has 0 radical (unpaired) electrons. The Bertz CT molecular complexity index is 636. The Kier molecular flexibility index (Phi) is 6.52. The first-order valence-corrected chi connectivity index (χ1v) is 9.46. The zero-order chi connectivity index (χ0) is 18.4. The lowest BCUT2D eigenvalue weighted by molar-refractivity contribution is -0.151. The molecule has 0 aliphatic heterocycles. The summed E-state index contributed by atoms with van der Waals surface area (Å²) in [5, 5.41) is 17.2. The van der Waals surface area contributed by atoms with E-state index in [1.54, 1.807) is 19.2 Å². The summed E-state index contributed by atoms with van der Waals surface area (Å²) in [6.45, 7) is 3.74. The Labute approximate surface area is 151 Å². The standard InChI is InChI=1S/C17H25N3O4S/c1-11(2)14(22)20-16-19-12(9-25-16)8-13(21)18-10-17(15(23)24)6-4-3-5-7-17/h9,11H,3-8,10H2,1-2H3,(H,18,21)(H,23,24)(H,19,20,22). The van der Waals surface area contributed by atoms with E-state index >= 15 is 0 Å². The van der Waals surface area contributed by atoms with Crippen LogP contribution in [0.1, 0.15) is 51.6 Å². The second-order valence-corrected chi connectivity index (χ2v) is 7.75. The van der Waals surface area contributed by atoms with E-state index in [-0.39, 0.29) is 30.7 Å². The highest BCUT2D eigenvalue weighted by molar-refractivity contribution is 7.13. The van der Waals surface area contributed by atoms with Crippen LogP contribution in [-0.4, -0.2) is 34.4 Å². The minimum Gasteiger partial charge on any atom is -0.481 e. The topological polar surface area (TPSA) is 108 Å². The quantitative estimate of drug-likeness (QED) is 0.686. The molecule has 7 nitrogen and oxygen atoms in total. The van der Waals surface area contributed by atoms with Crippen molar-refractivity contribution in [2.75, 3.05) is 11.9 Å². The van der Waals surface area contributed by atoms with E-state index in [4.69, 9.17) is 0 Å². The second kappa shape index (κ2) is 8.42. The van der Waals surface area contributed by atoms with E-state index < -0.39 is 11.4 Å². The van der Waals surface area contributed by atoms with Crippen molar-refractivity contribution < 1.29 is 19.5 Å². The summed E-state index contributed by atoms with van der Waals surface area (Å²) in [7, 11) is 0. The van der Waals surface area contributed by atoms with Crippen LogP contribution in [0.15, 0.2) is 5.38 Å². The third-order valence-electron chi connectivity index (χ3n) is 4.54. The lowest BCUT2D eigenvalue weighted by atomic mass is 9.74. The first kappa shape index (κ1) is 19.4. The van der Waals surface area contributed by atoms with Gasteiger partial charge in [-0.3, -0.25) is 14.4 Å². The van der Waals surface area contributed by atoms with E-state index in [0.717, 1.165) is 19.3 Å². The van der Waals surface area contributed by atoms with Gasteiger partial charge in [0.25, 0.3) is 0 Å². The molecule has 25 heavy (non-hydrogen) atoms. The number of anilines is 1. The number of hydrogen-bond donors (Lipinski definition) is 3. The van der Waals surface area contributed by atoms with Crippen LogP contribution in [0, 0.1) is 11.3 Å². The molecule has 0 unspecified atom stereocenters. The second-order valence-electron chi connectivity index (χ2n) is 6.89. The summed E-state index contributed by atoms with van der Waals surface area (Å²) in [5.74, 6) is -1.34. The number of nitrogens with zero attached hydrogens (tertiary/aromatic N) is 1. The number of carbonyl (C=O) groups is 3. The molecule has 1 aliphatic carbocycles. The molecule has 8 heteroatoms. The molecule has 0 saturated heterocycles. The smallest absolute Gasteiger partial charge is 0.311 e. The van der Waals surface area contributed by atoms with Crippen LogP contribution in [0.3, 0.4) is 0 Å². The van der Waals surface area contributed by atoms with Crippen molar-refractivity contribution in [2.24, 2.45) is 11.3 Å². The Hall–Kier alpha value is -1.96. The van der Waals surface area contributed by atoms with E-state index in [0.29, 0.717) is 23.7 Å². The number of thiazole rings is 1. The van der Waals surface area contributed by atoms with Crippen molar-refractivity contribution in [3.05, 3.63) is 11.1 Å². The molecule has 1 fully saturated rings. The van der Waals surface area contributed by atoms with Gasteiger partial charge >= 0.3 is 5.97 Å². The molecule has 3 N–H and O–H groups in total. The molecule has 2 amide bonds. The number of carbonyl (C=O) groups excluding carboxylic acids is 2. The number of aliphatic carboxylic acids is 1. The van der Waals surface area contributed by atoms with Gasteiger partial charge in [-0.15, -0.1) is 11.3 Å². The van der Waals surface area contributed by atoms with Gasteiger partial charge < -0.3 is 15.7 Å². The number of carboxylic acids is 1. The van der Waals surface area contributed by atoms with Crippen LogP contribution in [0.4, 0.5) is 5.13 Å². The minimum atomic E-state index is -0.841. The largest absolute Gasteiger partial charge is 0.481 e. The van der Waals surface area contributed by atoms with Crippen molar-refractivity contribution >= 4 is 34.3 Å². The lowest BCUT2D eigenvalue weighted by Crippen LogP contribution is -2.44. The normalized spacial score (nSPS) is 16.4. The first-order chi connectivity index (χ1) is 11.8. The van der Waals surface area contributed by atoms with Gasteiger partial charge in [-0.1, -0.05) is 33.1 Å². The number of carboxylic acid groups (broad SMARTS) is 1. The third kappa shape index (κ3) is 5.26. The summed E-state index contributed by atoms with van der Waals surface area (Å²) < 4.78 is 0. The monoisotopic (exact) mass is 367 g/mol. The van der Waals surface area contributed by atoms with Gasteiger partial charge in [-0.2, -0.15) is 0 Å². The zero-order valence-corrected chi connectivity index (χ0v) is 15.4. The fourth-order valence-electron chi connectivity index (χ4n) is 2.88. The molecule has 0 bridgehead atoms. The highest BCUT2D eigenvalue weighted by atomic mass is 32.1. The van der Waals surface area contributed by atoms with Gasteiger partial charge in [0.2, 0.25) is 11.8 Å². The van der Waals surface area contributed by atoms with Gasteiger partial charge in [-0.25, -0.2) is 4.98 Å². The van der Waals surface area contributed by atoms with Gasteiger partial charge in [-0.05, 0) is 12.8 Å². The van der Waals surface area contributed by atoms with Crippen LogP contribution in [-0.2, 0) is 20.8 Å². The van der Waals surface area contributed by atoms with E-state index in [9.17, 15) is 19.5 Å². The fraction of sp³-hybridized carbons (Fsp3) is 0.647.